The number of hydrogen-bond acceptors (Lipinski definition) is 7. The SMILES string of the molecule is C/C=C(/C)C(=O)O[C@H]1CC2C([C@@H]1C)C(C)(C)C[C@H](CC(=O)CCC)[C@@]1(O)[C@H]2OC(=O)[C@@]1(C)O. The molecule has 2 unspecified atom stereocenters. The Labute approximate surface area is 196 Å². The van der Waals surface area contributed by atoms with E-state index in [1.54, 1.807) is 19.9 Å². The number of esters is 2. The van der Waals surface area contributed by atoms with Crippen LogP contribution in [0.15, 0.2) is 11.6 Å². The van der Waals surface area contributed by atoms with E-state index in [-0.39, 0.29) is 41.3 Å². The van der Waals surface area contributed by atoms with Crippen LogP contribution in [0, 0.1) is 29.1 Å². The summed E-state index contributed by atoms with van der Waals surface area (Å²) >= 11 is 0. The Kier molecular flexibility index (Phi) is 6.91. The van der Waals surface area contributed by atoms with E-state index < -0.39 is 35.3 Å². The number of fused-ring (bicyclic) bond motifs is 3. The minimum atomic E-state index is -2.13. The minimum absolute atomic E-state index is 0.00867. The molecule has 0 aromatic carbocycles. The molecule has 0 aromatic heterocycles. The summed E-state index contributed by atoms with van der Waals surface area (Å²) in [6.07, 6.45) is 2.38. The van der Waals surface area contributed by atoms with Crippen LogP contribution in [0.25, 0.3) is 0 Å². The van der Waals surface area contributed by atoms with Crippen LogP contribution in [-0.4, -0.2) is 51.3 Å². The van der Waals surface area contributed by atoms with Gasteiger partial charge in [0.15, 0.2) is 5.60 Å². The molecule has 2 saturated carbocycles. The number of rotatable bonds is 6. The second-order valence-corrected chi connectivity index (χ2v) is 11.3. The van der Waals surface area contributed by atoms with Gasteiger partial charge in [0.2, 0.25) is 0 Å². The van der Waals surface area contributed by atoms with E-state index in [1.807, 2.05) is 13.8 Å². The standard InChI is InChI=1S/C26H40O7/c1-8-10-17(27)11-16-13-24(5,6)20-15(4)19(32-22(28)14(3)9-2)12-18(20)21-26(16,31)25(7,30)23(29)33-21/h9,15-16,18-21,30-31H,8,10-13H2,1-7H3/b14-9-/t15-,16+,18?,19+,20?,21+,25-,26-/m1/s1. The number of carbonyl (C=O) groups excluding carboxylic acids is 3. The fourth-order valence-corrected chi connectivity index (χ4v) is 6.97. The predicted octanol–water partition coefficient (Wildman–Crippen LogP) is 3.35. The zero-order valence-electron chi connectivity index (χ0n) is 21.0. The van der Waals surface area contributed by atoms with Crippen LogP contribution in [0.2, 0.25) is 0 Å². The van der Waals surface area contributed by atoms with Crippen LogP contribution >= 0.6 is 0 Å². The third kappa shape index (κ3) is 4.05. The lowest BCUT2D eigenvalue weighted by atomic mass is 9.66. The summed E-state index contributed by atoms with van der Waals surface area (Å²) in [6, 6.07) is 0. The Morgan fingerprint density at radius 2 is 1.88 bits per heavy atom. The third-order valence-electron chi connectivity index (χ3n) is 8.67. The summed E-state index contributed by atoms with van der Waals surface area (Å²) in [6.45, 7) is 12.9. The highest BCUT2D eigenvalue weighted by Crippen LogP contribution is 2.62. The molecule has 3 fully saturated rings. The monoisotopic (exact) mass is 464 g/mol. The minimum Gasteiger partial charge on any atom is -0.459 e. The van der Waals surface area contributed by atoms with Crippen LogP contribution in [0.1, 0.15) is 80.6 Å². The van der Waals surface area contributed by atoms with Gasteiger partial charge in [0.05, 0.1) is 0 Å². The van der Waals surface area contributed by atoms with Gasteiger partial charge in [0.1, 0.15) is 23.6 Å². The van der Waals surface area contributed by atoms with Crippen LogP contribution in [0.3, 0.4) is 0 Å². The molecule has 1 heterocycles. The van der Waals surface area contributed by atoms with Gasteiger partial charge in [0.25, 0.3) is 0 Å². The molecule has 0 amide bonds. The first-order valence-corrected chi connectivity index (χ1v) is 12.2. The van der Waals surface area contributed by atoms with Crippen LogP contribution in [0.5, 0.6) is 0 Å². The first kappa shape index (κ1) is 25.9. The number of allylic oxidation sites excluding steroid dienone is 1. The van der Waals surface area contributed by atoms with E-state index in [1.165, 1.54) is 6.92 Å². The summed E-state index contributed by atoms with van der Waals surface area (Å²) < 4.78 is 11.6. The molecule has 7 heteroatoms. The number of carbonyl (C=O) groups is 3. The molecular weight excluding hydrogens is 424 g/mol. The smallest absolute Gasteiger partial charge is 0.341 e. The molecule has 186 valence electrons. The van der Waals surface area contributed by atoms with E-state index in [0.29, 0.717) is 31.3 Å². The second kappa shape index (κ2) is 8.81. The molecule has 1 saturated heterocycles. The zero-order chi connectivity index (χ0) is 24.9. The fraction of sp³-hybridized carbons (Fsp3) is 0.808. The van der Waals surface area contributed by atoms with Gasteiger partial charge in [-0.3, -0.25) is 4.79 Å². The van der Waals surface area contributed by atoms with Gasteiger partial charge in [-0.1, -0.05) is 33.8 Å². The maximum Gasteiger partial charge on any atom is 0.341 e. The molecule has 0 radical (unpaired) electrons. The van der Waals surface area contributed by atoms with E-state index >= 15 is 0 Å². The Morgan fingerprint density at radius 1 is 1.24 bits per heavy atom. The molecular formula is C26H40O7. The van der Waals surface area contributed by atoms with Crippen molar-refractivity contribution in [2.75, 3.05) is 0 Å². The molecule has 1 aliphatic heterocycles. The number of hydrogen-bond donors (Lipinski definition) is 2. The highest BCUT2D eigenvalue weighted by molar-refractivity contribution is 5.88. The van der Waals surface area contributed by atoms with Crippen molar-refractivity contribution in [1.82, 2.24) is 0 Å². The van der Waals surface area contributed by atoms with Crippen molar-refractivity contribution in [2.45, 2.75) is 104 Å². The van der Waals surface area contributed by atoms with Crippen molar-refractivity contribution in [3.05, 3.63) is 11.6 Å². The normalized spacial score (nSPS) is 42.2. The lowest BCUT2D eigenvalue weighted by molar-refractivity contribution is -0.177. The maximum absolute atomic E-state index is 12.7. The van der Waals surface area contributed by atoms with Crippen molar-refractivity contribution in [2.24, 2.45) is 29.1 Å². The number of ether oxygens (including phenoxy) is 2. The van der Waals surface area contributed by atoms with E-state index in [2.05, 4.69) is 13.8 Å². The fourth-order valence-electron chi connectivity index (χ4n) is 6.97. The Morgan fingerprint density at radius 3 is 2.45 bits per heavy atom. The third-order valence-corrected chi connectivity index (χ3v) is 8.67. The summed E-state index contributed by atoms with van der Waals surface area (Å²) in [5, 5.41) is 23.3. The zero-order valence-corrected chi connectivity index (χ0v) is 21.0. The number of ketones is 1. The quantitative estimate of drug-likeness (QED) is 0.458. The van der Waals surface area contributed by atoms with Gasteiger partial charge in [-0.15, -0.1) is 0 Å². The first-order valence-electron chi connectivity index (χ1n) is 12.2. The molecule has 3 rings (SSSR count). The molecule has 2 N–H and O–H groups in total. The number of Topliss-reactive ketones (excluding diaryl/α,β-unsaturated/α-hetero) is 1. The summed E-state index contributed by atoms with van der Waals surface area (Å²) in [5.74, 6) is -2.25. The van der Waals surface area contributed by atoms with Crippen LogP contribution in [0.4, 0.5) is 0 Å². The molecule has 3 aliphatic rings. The lowest BCUT2D eigenvalue weighted by Crippen LogP contribution is -2.62. The topological polar surface area (TPSA) is 110 Å². The Bertz CT molecular complexity index is 842. The van der Waals surface area contributed by atoms with Gasteiger partial charge in [0, 0.05) is 30.3 Å². The summed E-state index contributed by atoms with van der Waals surface area (Å²) in [5.41, 5.74) is -3.85. The summed E-state index contributed by atoms with van der Waals surface area (Å²) in [4.78, 5) is 37.9. The number of aliphatic hydroxyl groups is 2. The van der Waals surface area contributed by atoms with Gasteiger partial charge >= 0.3 is 11.9 Å². The Balaban J connectivity index is 2.04. The second-order valence-electron chi connectivity index (χ2n) is 11.3. The van der Waals surface area contributed by atoms with Crippen molar-refractivity contribution >= 4 is 17.7 Å². The van der Waals surface area contributed by atoms with Gasteiger partial charge in [-0.05, 0) is 57.3 Å². The summed E-state index contributed by atoms with van der Waals surface area (Å²) in [7, 11) is 0. The average molecular weight is 465 g/mol. The van der Waals surface area contributed by atoms with E-state index in [9.17, 15) is 24.6 Å². The molecule has 8 atom stereocenters. The van der Waals surface area contributed by atoms with Gasteiger partial charge in [-0.2, -0.15) is 0 Å². The van der Waals surface area contributed by atoms with Crippen LogP contribution in [-0.2, 0) is 23.9 Å². The van der Waals surface area contributed by atoms with Gasteiger partial charge in [-0.25, -0.2) is 9.59 Å². The van der Waals surface area contributed by atoms with E-state index in [4.69, 9.17) is 9.47 Å². The van der Waals surface area contributed by atoms with Crippen molar-refractivity contribution in [3.63, 3.8) is 0 Å². The van der Waals surface area contributed by atoms with Crippen molar-refractivity contribution < 1.29 is 34.1 Å². The molecule has 0 aromatic rings. The maximum atomic E-state index is 12.7. The van der Waals surface area contributed by atoms with Crippen molar-refractivity contribution in [3.8, 4) is 0 Å². The van der Waals surface area contributed by atoms with Crippen LogP contribution < -0.4 is 0 Å². The van der Waals surface area contributed by atoms with E-state index in [0.717, 1.165) is 0 Å². The molecule has 33 heavy (non-hydrogen) atoms. The van der Waals surface area contributed by atoms with Crippen molar-refractivity contribution in [1.29, 1.82) is 0 Å². The molecule has 7 nitrogen and oxygen atoms in total. The molecule has 0 bridgehead atoms. The highest BCUT2D eigenvalue weighted by atomic mass is 16.6. The largest absolute Gasteiger partial charge is 0.459 e. The predicted molar refractivity (Wildman–Crippen MR) is 122 cm³/mol. The molecule has 2 aliphatic carbocycles. The highest BCUT2D eigenvalue weighted by Gasteiger charge is 2.73. The Hall–Kier alpha value is -1.73. The first-order chi connectivity index (χ1) is 15.2. The average Bonchev–Trinajstić information content (AvgIpc) is 3.11. The lowest BCUT2D eigenvalue weighted by Gasteiger charge is -2.42. The van der Waals surface area contributed by atoms with Gasteiger partial charge < -0.3 is 19.7 Å². The molecule has 0 spiro atoms.